The van der Waals surface area contributed by atoms with Crippen molar-refractivity contribution in [2.24, 2.45) is 10.9 Å². The van der Waals surface area contributed by atoms with Gasteiger partial charge in [-0.05, 0) is 44.2 Å². The van der Waals surface area contributed by atoms with Crippen LogP contribution in [0.2, 0.25) is 0 Å². The molecule has 0 radical (unpaired) electrons. The molecule has 1 aromatic heterocycles. The van der Waals surface area contributed by atoms with Crippen LogP contribution in [0.1, 0.15) is 36.5 Å². The number of nitrogens with one attached hydrogen (secondary N) is 2. The summed E-state index contributed by atoms with van der Waals surface area (Å²) in [5.74, 6) is 3.65. The Morgan fingerprint density at radius 3 is 2.86 bits per heavy atom. The Bertz CT molecular complexity index is 814. The van der Waals surface area contributed by atoms with Gasteiger partial charge >= 0.3 is 0 Å². The van der Waals surface area contributed by atoms with E-state index in [-0.39, 0.29) is 0 Å². The summed E-state index contributed by atoms with van der Waals surface area (Å²) in [6, 6.07) is 11.2. The molecule has 29 heavy (non-hydrogen) atoms. The van der Waals surface area contributed by atoms with Crippen molar-refractivity contribution in [3.05, 3.63) is 47.5 Å². The second kappa shape index (κ2) is 9.39. The van der Waals surface area contributed by atoms with E-state index >= 15 is 0 Å². The molecule has 2 aliphatic rings. The molecular formula is C22H33N7. The summed E-state index contributed by atoms with van der Waals surface area (Å²) in [6.07, 6.45) is 4.57. The van der Waals surface area contributed by atoms with Crippen molar-refractivity contribution < 1.29 is 0 Å². The summed E-state index contributed by atoms with van der Waals surface area (Å²) in [5.41, 5.74) is 1.39. The molecule has 7 heteroatoms. The lowest BCUT2D eigenvalue weighted by Crippen LogP contribution is -2.51. The van der Waals surface area contributed by atoms with E-state index < -0.39 is 0 Å². The largest absolute Gasteiger partial charge is 0.356 e. The maximum absolute atomic E-state index is 4.47. The Hall–Kier alpha value is -2.41. The van der Waals surface area contributed by atoms with Crippen LogP contribution in [0, 0.1) is 12.8 Å². The SMILES string of the molecule is CN=C(NCC1CCc2nnc(C)n2C1)NC1CCCN(Cc2ccccc2)C1. The fraction of sp³-hybridized carbons (Fsp3) is 0.591. The second-order valence-corrected chi connectivity index (χ2v) is 8.34. The highest BCUT2D eigenvalue weighted by Crippen LogP contribution is 2.19. The molecule has 0 saturated carbocycles. The normalized spacial score (nSPS) is 22.9. The number of guanidine groups is 1. The number of likely N-dealkylation sites (tertiary alicyclic amines) is 1. The van der Waals surface area contributed by atoms with Crippen molar-refractivity contribution in [2.75, 3.05) is 26.7 Å². The average molecular weight is 396 g/mol. The highest BCUT2D eigenvalue weighted by molar-refractivity contribution is 5.80. The minimum Gasteiger partial charge on any atom is -0.356 e. The van der Waals surface area contributed by atoms with Crippen LogP contribution in [-0.4, -0.2) is 58.3 Å². The summed E-state index contributed by atoms with van der Waals surface area (Å²) in [6.45, 7) is 7.21. The van der Waals surface area contributed by atoms with Gasteiger partial charge in [0.15, 0.2) is 5.96 Å². The molecule has 1 aromatic carbocycles. The first-order valence-electron chi connectivity index (χ1n) is 10.8. The fourth-order valence-electron chi connectivity index (χ4n) is 4.48. The molecule has 7 nitrogen and oxygen atoms in total. The minimum atomic E-state index is 0.441. The number of aromatic nitrogens is 3. The van der Waals surface area contributed by atoms with Crippen LogP contribution in [0.15, 0.2) is 35.3 Å². The number of benzene rings is 1. The number of nitrogens with zero attached hydrogens (tertiary/aromatic N) is 5. The predicted octanol–water partition coefficient (Wildman–Crippen LogP) is 1.98. The number of fused-ring (bicyclic) bond motifs is 1. The summed E-state index contributed by atoms with van der Waals surface area (Å²) < 4.78 is 2.26. The molecule has 2 aromatic rings. The molecule has 1 fully saturated rings. The fourth-order valence-corrected chi connectivity index (χ4v) is 4.48. The quantitative estimate of drug-likeness (QED) is 0.598. The van der Waals surface area contributed by atoms with Crippen LogP contribution < -0.4 is 10.6 Å². The minimum absolute atomic E-state index is 0.441. The molecule has 2 aliphatic heterocycles. The summed E-state index contributed by atoms with van der Waals surface area (Å²) in [4.78, 5) is 7.01. The Balaban J connectivity index is 1.25. The van der Waals surface area contributed by atoms with Crippen molar-refractivity contribution in [2.45, 2.75) is 51.7 Å². The van der Waals surface area contributed by atoms with E-state index in [0.29, 0.717) is 12.0 Å². The highest BCUT2D eigenvalue weighted by atomic mass is 15.3. The molecule has 2 unspecified atom stereocenters. The first kappa shape index (κ1) is 19.9. The Labute approximate surface area is 173 Å². The maximum atomic E-state index is 4.47. The number of hydrogen-bond donors (Lipinski definition) is 2. The van der Waals surface area contributed by atoms with Gasteiger partial charge in [-0.2, -0.15) is 0 Å². The van der Waals surface area contributed by atoms with Crippen LogP contribution in [0.5, 0.6) is 0 Å². The molecule has 1 saturated heterocycles. The zero-order valence-corrected chi connectivity index (χ0v) is 17.6. The molecule has 0 bridgehead atoms. The summed E-state index contributed by atoms with van der Waals surface area (Å²) >= 11 is 0. The molecule has 2 atom stereocenters. The summed E-state index contributed by atoms with van der Waals surface area (Å²) in [5, 5.41) is 15.7. The Morgan fingerprint density at radius 1 is 1.17 bits per heavy atom. The zero-order valence-electron chi connectivity index (χ0n) is 17.6. The smallest absolute Gasteiger partial charge is 0.191 e. The van der Waals surface area contributed by atoms with Gasteiger partial charge in [0.05, 0.1) is 0 Å². The number of piperidine rings is 1. The lowest BCUT2D eigenvalue weighted by molar-refractivity contribution is 0.192. The van der Waals surface area contributed by atoms with E-state index in [2.05, 4.69) is 65.6 Å². The van der Waals surface area contributed by atoms with Gasteiger partial charge in [-0.25, -0.2) is 0 Å². The summed E-state index contributed by atoms with van der Waals surface area (Å²) in [7, 11) is 1.86. The first-order valence-corrected chi connectivity index (χ1v) is 10.8. The van der Waals surface area contributed by atoms with Crippen molar-refractivity contribution in [1.82, 2.24) is 30.3 Å². The van der Waals surface area contributed by atoms with Crippen molar-refractivity contribution in [3.8, 4) is 0 Å². The van der Waals surface area contributed by atoms with E-state index in [0.717, 1.165) is 56.6 Å². The Morgan fingerprint density at radius 2 is 2.03 bits per heavy atom. The van der Waals surface area contributed by atoms with Crippen molar-refractivity contribution >= 4 is 5.96 Å². The predicted molar refractivity (Wildman–Crippen MR) is 116 cm³/mol. The zero-order chi connectivity index (χ0) is 20.1. The maximum Gasteiger partial charge on any atom is 0.191 e. The molecular weight excluding hydrogens is 362 g/mol. The number of rotatable bonds is 5. The molecule has 0 aliphatic carbocycles. The van der Waals surface area contributed by atoms with E-state index in [1.54, 1.807) is 0 Å². The van der Waals surface area contributed by atoms with Gasteiger partial charge in [-0.1, -0.05) is 30.3 Å². The third-order valence-electron chi connectivity index (χ3n) is 6.11. The van der Waals surface area contributed by atoms with Gasteiger partial charge in [0, 0.05) is 45.7 Å². The lowest BCUT2D eigenvalue weighted by Gasteiger charge is -2.34. The van der Waals surface area contributed by atoms with Gasteiger partial charge in [-0.3, -0.25) is 9.89 Å². The monoisotopic (exact) mass is 395 g/mol. The van der Waals surface area contributed by atoms with Crippen LogP contribution in [-0.2, 0) is 19.5 Å². The standard InChI is InChI=1S/C22H33N7/c1-17-26-27-21-11-10-19(15-29(17)21)13-24-22(23-2)25-20-9-6-12-28(16-20)14-18-7-4-3-5-8-18/h3-5,7-8,19-20H,6,9-16H2,1-2H3,(H2,23,24,25). The molecule has 4 rings (SSSR count). The molecule has 2 N–H and O–H groups in total. The van der Waals surface area contributed by atoms with E-state index in [1.807, 2.05) is 14.0 Å². The van der Waals surface area contributed by atoms with Gasteiger partial charge < -0.3 is 15.2 Å². The second-order valence-electron chi connectivity index (χ2n) is 8.34. The lowest BCUT2D eigenvalue weighted by atomic mass is 9.99. The van der Waals surface area contributed by atoms with Crippen LogP contribution in [0.4, 0.5) is 0 Å². The number of aliphatic imine (C=N–C) groups is 1. The van der Waals surface area contributed by atoms with Gasteiger partial charge in [0.1, 0.15) is 11.6 Å². The molecule has 0 spiro atoms. The number of hydrogen-bond acceptors (Lipinski definition) is 4. The van der Waals surface area contributed by atoms with E-state index in [4.69, 9.17) is 0 Å². The van der Waals surface area contributed by atoms with Crippen LogP contribution >= 0.6 is 0 Å². The van der Waals surface area contributed by atoms with Crippen molar-refractivity contribution in [3.63, 3.8) is 0 Å². The number of aryl methyl sites for hydroxylation is 2. The molecule has 0 amide bonds. The third kappa shape index (κ3) is 5.15. The van der Waals surface area contributed by atoms with Crippen LogP contribution in [0.25, 0.3) is 0 Å². The van der Waals surface area contributed by atoms with Gasteiger partial charge in [-0.15, -0.1) is 10.2 Å². The van der Waals surface area contributed by atoms with Crippen LogP contribution in [0.3, 0.4) is 0 Å². The molecule has 3 heterocycles. The highest BCUT2D eigenvalue weighted by Gasteiger charge is 2.23. The van der Waals surface area contributed by atoms with E-state index in [9.17, 15) is 0 Å². The first-order chi connectivity index (χ1) is 14.2. The third-order valence-corrected chi connectivity index (χ3v) is 6.11. The average Bonchev–Trinajstić information content (AvgIpc) is 3.12. The topological polar surface area (TPSA) is 70.4 Å². The van der Waals surface area contributed by atoms with Gasteiger partial charge in [0.2, 0.25) is 0 Å². The Kier molecular flexibility index (Phi) is 6.44. The molecule has 156 valence electrons. The van der Waals surface area contributed by atoms with Gasteiger partial charge in [0.25, 0.3) is 0 Å². The van der Waals surface area contributed by atoms with E-state index in [1.165, 1.54) is 24.9 Å². The van der Waals surface area contributed by atoms with Crippen molar-refractivity contribution in [1.29, 1.82) is 0 Å².